The highest BCUT2D eigenvalue weighted by Gasteiger charge is 2.20. The molecule has 1 aromatic heterocycles. The summed E-state index contributed by atoms with van der Waals surface area (Å²) >= 11 is 0. The van der Waals surface area contributed by atoms with E-state index in [2.05, 4.69) is 4.98 Å². The predicted octanol–water partition coefficient (Wildman–Crippen LogP) is 0.897. The van der Waals surface area contributed by atoms with Crippen LogP contribution in [0.5, 0.6) is 0 Å². The summed E-state index contributed by atoms with van der Waals surface area (Å²) in [5, 5.41) is 8.83. The Labute approximate surface area is 101 Å². The summed E-state index contributed by atoms with van der Waals surface area (Å²) in [5.41, 5.74) is 6.60. The minimum absolute atomic E-state index is 0.0636. The number of hydrogen-bond acceptors (Lipinski definition) is 4. The predicted molar refractivity (Wildman–Crippen MR) is 66.5 cm³/mol. The van der Waals surface area contributed by atoms with E-state index in [1.54, 1.807) is 17.2 Å². The van der Waals surface area contributed by atoms with Gasteiger partial charge in [0.25, 0.3) is 5.91 Å². The zero-order chi connectivity index (χ0) is 12.8. The van der Waals surface area contributed by atoms with Gasteiger partial charge in [-0.3, -0.25) is 9.78 Å². The van der Waals surface area contributed by atoms with Crippen LogP contribution in [-0.4, -0.2) is 40.1 Å². The number of anilines is 1. The van der Waals surface area contributed by atoms with E-state index in [1.165, 1.54) is 6.20 Å². The maximum Gasteiger partial charge on any atom is 0.257 e. The first kappa shape index (κ1) is 13.4. The Balaban J connectivity index is 2.88. The third-order valence-corrected chi connectivity index (χ3v) is 2.53. The van der Waals surface area contributed by atoms with Gasteiger partial charge in [0.2, 0.25) is 0 Å². The Morgan fingerprint density at radius 3 is 2.82 bits per heavy atom. The molecule has 1 heterocycles. The van der Waals surface area contributed by atoms with Crippen LogP contribution in [0.2, 0.25) is 0 Å². The van der Waals surface area contributed by atoms with Crippen molar-refractivity contribution in [2.24, 2.45) is 0 Å². The van der Waals surface area contributed by atoms with Crippen LogP contribution in [0.1, 0.15) is 30.6 Å². The molecule has 1 aromatic rings. The lowest BCUT2D eigenvalue weighted by Crippen LogP contribution is -2.38. The Hall–Kier alpha value is -1.62. The first-order valence-electron chi connectivity index (χ1n) is 5.69. The second kappa shape index (κ2) is 6.20. The molecular formula is C12H19N3O2. The zero-order valence-corrected chi connectivity index (χ0v) is 10.3. The first-order valence-corrected chi connectivity index (χ1v) is 5.69. The van der Waals surface area contributed by atoms with E-state index in [1.807, 2.05) is 13.8 Å². The van der Waals surface area contributed by atoms with Crippen molar-refractivity contribution in [3.63, 3.8) is 0 Å². The fourth-order valence-electron chi connectivity index (χ4n) is 1.57. The van der Waals surface area contributed by atoms with Crippen LogP contribution < -0.4 is 5.73 Å². The van der Waals surface area contributed by atoms with Crippen molar-refractivity contribution in [1.29, 1.82) is 0 Å². The van der Waals surface area contributed by atoms with Crippen molar-refractivity contribution in [3.05, 3.63) is 24.0 Å². The van der Waals surface area contributed by atoms with Crippen molar-refractivity contribution in [3.8, 4) is 0 Å². The molecule has 0 saturated heterocycles. The Bertz CT molecular complexity index is 380. The monoisotopic (exact) mass is 237 g/mol. The molecule has 1 rings (SSSR count). The second-order valence-electron chi connectivity index (χ2n) is 4.13. The van der Waals surface area contributed by atoms with Gasteiger partial charge >= 0.3 is 0 Å². The van der Waals surface area contributed by atoms with E-state index in [-0.39, 0.29) is 18.6 Å². The number of carbonyl (C=O) groups excluding carboxylic acids is 1. The number of pyridine rings is 1. The lowest BCUT2D eigenvalue weighted by molar-refractivity contribution is 0.0694. The minimum atomic E-state index is -0.140. The fraction of sp³-hybridized carbons (Fsp3) is 0.500. The average molecular weight is 237 g/mol. The summed E-state index contributed by atoms with van der Waals surface area (Å²) in [6.45, 7) is 4.45. The van der Waals surface area contributed by atoms with E-state index in [0.29, 0.717) is 24.2 Å². The standard InChI is InChI=1S/C12H19N3O2/c1-9(2)15(6-3-7-16)12(17)10-8-14-5-4-11(10)13/h4-5,8-9,16H,3,6-7H2,1-2H3,(H2,13,14). The SMILES string of the molecule is CC(C)N(CCCO)C(=O)c1cnccc1N. The molecule has 0 atom stereocenters. The molecule has 0 saturated carbocycles. The Morgan fingerprint density at radius 2 is 2.29 bits per heavy atom. The summed E-state index contributed by atoms with van der Waals surface area (Å²) < 4.78 is 0. The van der Waals surface area contributed by atoms with Crippen LogP contribution >= 0.6 is 0 Å². The van der Waals surface area contributed by atoms with Crippen molar-refractivity contribution in [1.82, 2.24) is 9.88 Å². The van der Waals surface area contributed by atoms with Crippen LogP contribution in [0.3, 0.4) is 0 Å². The summed E-state index contributed by atoms with van der Waals surface area (Å²) in [6, 6.07) is 1.67. The van der Waals surface area contributed by atoms with E-state index >= 15 is 0 Å². The molecule has 5 nitrogen and oxygen atoms in total. The van der Waals surface area contributed by atoms with E-state index in [0.717, 1.165) is 0 Å². The summed E-state index contributed by atoms with van der Waals surface area (Å²) in [6.07, 6.45) is 3.59. The van der Waals surface area contributed by atoms with Gasteiger partial charge in [-0.05, 0) is 26.3 Å². The number of aromatic nitrogens is 1. The molecule has 0 aromatic carbocycles. The van der Waals surface area contributed by atoms with Gasteiger partial charge in [-0.2, -0.15) is 0 Å². The third-order valence-electron chi connectivity index (χ3n) is 2.53. The number of aliphatic hydroxyl groups is 1. The summed E-state index contributed by atoms with van der Waals surface area (Å²) in [7, 11) is 0. The van der Waals surface area contributed by atoms with Crippen molar-refractivity contribution in [2.45, 2.75) is 26.3 Å². The van der Waals surface area contributed by atoms with Gasteiger partial charge in [0.1, 0.15) is 0 Å². The molecule has 0 aliphatic heterocycles. The zero-order valence-electron chi connectivity index (χ0n) is 10.3. The van der Waals surface area contributed by atoms with Crippen LogP contribution in [0.25, 0.3) is 0 Å². The van der Waals surface area contributed by atoms with Gasteiger partial charge < -0.3 is 15.7 Å². The van der Waals surface area contributed by atoms with Crippen LogP contribution in [0.4, 0.5) is 5.69 Å². The van der Waals surface area contributed by atoms with Crippen molar-refractivity contribution < 1.29 is 9.90 Å². The van der Waals surface area contributed by atoms with Gasteiger partial charge in [-0.25, -0.2) is 0 Å². The van der Waals surface area contributed by atoms with E-state index in [9.17, 15) is 4.79 Å². The van der Waals surface area contributed by atoms with Crippen LogP contribution in [0, 0.1) is 0 Å². The molecule has 0 aliphatic carbocycles. The molecule has 5 heteroatoms. The van der Waals surface area contributed by atoms with Gasteiger partial charge in [-0.15, -0.1) is 0 Å². The number of carbonyl (C=O) groups is 1. The summed E-state index contributed by atoms with van der Waals surface area (Å²) in [5.74, 6) is -0.140. The molecule has 94 valence electrons. The minimum Gasteiger partial charge on any atom is -0.398 e. The highest BCUT2D eigenvalue weighted by molar-refractivity contribution is 5.98. The second-order valence-corrected chi connectivity index (χ2v) is 4.13. The Morgan fingerprint density at radius 1 is 1.59 bits per heavy atom. The molecule has 0 unspecified atom stereocenters. The lowest BCUT2D eigenvalue weighted by Gasteiger charge is -2.26. The molecule has 0 fully saturated rings. The molecule has 0 bridgehead atoms. The number of amides is 1. The van der Waals surface area contributed by atoms with Gasteiger partial charge in [0, 0.05) is 37.3 Å². The molecule has 0 radical (unpaired) electrons. The van der Waals surface area contributed by atoms with Crippen molar-refractivity contribution >= 4 is 11.6 Å². The molecule has 0 spiro atoms. The lowest BCUT2D eigenvalue weighted by atomic mass is 10.1. The third kappa shape index (κ3) is 3.42. The largest absolute Gasteiger partial charge is 0.398 e. The van der Waals surface area contributed by atoms with Gasteiger partial charge in [0.05, 0.1) is 5.56 Å². The number of nitrogens with zero attached hydrogens (tertiary/aromatic N) is 2. The van der Waals surface area contributed by atoms with E-state index < -0.39 is 0 Å². The molecular weight excluding hydrogens is 218 g/mol. The Kier molecular flexibility index (Phi) is 4.90. The molecule has 3 N–H and O–H groups in total. The maximum absolute atomic E-state index is 12.2. The number of rotatable bonds is 5. The number of aliphatic hydroxyl groups excluding tert-OH is 1. The topological polar surface area (TPSA) is 79.5 Å². The molecule has 1 amide bonds. The summed E-state index contributed by atoms with van der Waals surface area (Å²) in [4.78, 5) is 17.8. The quantitative estimate of drug-likeness (QED) is 0.797. The highest BCUT2D eigenvalue weighted by atomic mass is 16.3. The van der Waals surface area contributed by atoms with Crippen LogP contribution in [0.15, 0.2) is 18.5 Å². The van der Waals surface area contributed by atoms with Crippen LogP contribution in [-0.2, 0) is 0 Å². The highest BCUT2D eigenvalue weighted by Crippen LogP contribution is 2.14. The fourth-order valence-corrected chi connectivity index (χ4v) is 1.57. The van der Waals surface area contributed by atoms with Gasteiger partial charge in [-0.1, -0.05) is 0 Å². The number of hydrogen-bond donors (Lipinski definition) is 2. The van der Waals surface area contributed by atoms with Crippen molar-refractivity contribution in [2.75, 3.05) is 18.9 Å². The number of nitrogen functional groups attached to an aromatic ring is 1. The van der Waals surface area contributed by atoms with E-state index in [4.69, 9.17) is 10.8 Å². The number of nitrogens with two attached hydrogens (primary N) is 1. The molecule has 17 heavy (non-hydrogen) atoms. The molecule has 0 aliphatic rings. The van der Waals surface area contributed by atoms with Gasteiger partial charge in [0.15, 0.2) is 0 Å². The maximum atomic E-state index is 12.2. The average Bonchev–Trinajstić information content (AvgIpc) is 2.29. The smallest absolute Gasteiger partial charge is 0.257 e. The normalized spacial score (nSPS) is 10.6. The first-order chi connectivity index (χ1) is 8.07.